The van der Waals surface area contributed by atoms with E-state index in [-0.39, 0.29) is 10.8 Å². The van der Waals surface area contributed by atoms with Crippen LogP contribution in [0, 0.1) is 0 Å². The van der Waals surface area contributed by atoms with Crippen LogP contribution in [0.1, 0.15) is 49.9 Å². The predicted molar refractivity (Wildman–Crippen MR) is 215 cm³/mol. The Labute approximate surface area is 298 Å². The van der Waals surface area contributed by atoms with E-state index in [1.807, 2.05) is 11.3 Å². The Morgan fingerprint density at radius 1 is 0.420 bits per heavy atom. The molecule has 1 heterocycles. The van der Waals surface area contributed by atoms with E-state index >= 15 is 0 Å². The maximum atomic E-state index is 2.55. The van der Waals surface area contributed by atoms with Gasteiger partial charge >= 0.3 is 0 Å². The fraction of sp³-hybridized carbons (Fsp3) is 0.125. The van der Waals surface area contributed by atoms with E-state index in [0.29, 0.717) is 0 Å². The summed E-state index contributed by atoms with van der Waals surface area (Å²) in [5.74, 6) is 0. The molecule has 0 aliphatic heterocycles. The maximum absolute atomic E-state index is 2.55. The Morgan fingerprint density at radius 2 is 0.940 bits per heavy atom. The number of fused-ring (bicyclic) bond motifs is 9. The summed E-state index contributed by atoms with van der Waals surface area (Å²) in [5.41, 5.74) is 16.7. The van der Waals surface area contributed by atoms with Crippen LogP contribution in [0.3, 0.4) is 0 Å². The largest absolute Gasteiger partial charge is 0.309 e. The summed E-state index contributed by atoms with van der Waals surface area (Å²) in [6.07, 6.45) is 0. The van der Waals surface area contributed by atoms with Crippen LogP contribution in [0.2, 0.25) is 0 Å². The molecule has 0 spiro atoms. The van der Waals surface area contributed by atoms with Gasteiger partial charge < -0.3 is 4.90 Å². The van der Waals surface area contributed by atoms with Gasteiger partial charge in [-0.1, -0.05) is 137 Å². The van der Waals surface area contributed by atoms with Gasteiger partial charge in [0.15, 0.2) is 0 Å². The lowest BCUT2D eigenvalue weighted by molar-refractivity contribution is 0.660. The van der Waals surface area contributed by atoms with Gasteiger partial charge in [0.2, 0.25) is 0 Å². The van der Waals surface area contributed by atoms with Crippen LogP contribution in [0.15, 0.2) is 152 Å². The van der Waals surface area contributed by atoms with Gasteiger partial charge in [0.05, 0.1) is 11.4 Å². The molecule has 0 saturated heterocycles. The van der Waals surface area contributed by atoms with Crippen molar-refractivity contribution in [2.75, 3.05) is 4.90 Å². The number of benzene rings is 7. The number of anilines is 3. The third kappa shape index (κ3) is 4.06. The quantitative estimate of drug-likeness (QED) is 0.182. The first-order valence-corrected chi connectivity index (χ1v) is 18.4. The molecule has 0 saturated carbocycles. The molecule has 1 nitrogen and oxygen atoms in total. The van der Waals surface area contributed by atoms with Crippen LogP contribution in [0.4, 0.5) is 17.1 Å². The van der Waals surface area contributed by atoms with Gasteiger partial charge in [0, 0.05) is 47.8 Å². The molecule has 0 atom stereocenters. The van der Waals surface area contributed by atoms with Gasteiger partial charge in [-0.3, -0.25) is 0 Å². The highest BCUT2D eigenvalue weighted by molar-refractivity contribution is 7.25. The van der Waals surface area contributed by atoms with E-state index in [0.717, 1.165) is 5.69 Å². The highest BCUT2D eigenvalue weighted by Crippen LogP contribution is 2.58. The van der Waals surface area contributed by atoms with Gasteiger partial charge in [0.25, 0.3) is 0 Å². The second-order valence-electron chi connectivity index (χ2n) is 14.9. The first-order chi connectivity index (χ1) is 24.3. The smallest absolute Gasteiger partial charge is 0.0543 e. The molecule has 0 unspecified atom stereocenters. The van der Waals surface area contributed by atoms with Gasteiger partial charge in [-0.2, -0.15) is 0 Å². The molecule has 10 rings (SSSR count). The van der Waals surface area contributed by atoms with Crippen LogP contribution in [-0.4, -0.2) is 0 Å². The number of rotatable bonds is 4. The SMILES string of the molecule is CC1(C)c2ccccc2-c2c(N(c3cccc(-c4ccc5sc6ccccc6c5c4)c3)c3cccc4c3-c3ccccc3C4(C)C)cccc21. The lowest BCUT2D eigenvalue weighted by Gasteiger charge is -2.31. The molecule has 0 bridgehead atoms. The molecule has 2 aliphatic rings. The summed E-state index contributed by atoms with van der Waals surface area (Å²) < 4.78 is 2.66. The number of hydrogen-bond donors (Lipinski definition) is 0. The second-order valence-corrected chi connectivity index (χ2v) is 16.0. The average molecular weight is 660 g/mol. The van der Waals surface area contributed by atoms with Crippen molar-refractivity contribution in [2.24, 2.45) is 0 Å². The summed E-state index contributed by atoms with van der Waals surface area (Å²) in [7, 11) is 0. The minimum atomic E-state index is -0.0958. The summed E-state index contributed by atoms with van der Waals surface area (Å²) >= 11 is 1.87. The van der Waals surface area contributed by atoms with Crippen LogP contribution in [-0.2, 0) is 10.8 Å². The van der Waals surface area contributed by atoms with Crippen molar-refractivity contribution in [3.8, 4) is 33.4 Å². The average Bonchev–Trinajstić information content (AvgIpc) is 3.72. The van der Waals surface area contributed by atoms with Crippen LogP contribution >= 0.6 is 11.3 Å². The van der Waals surface area contributed by atoms with Crippen LogP contribution in [0.25, 0.3) is 53.6 Å². The van der Waals surface area contributed by atoms with Crippen molar-refractivity contribution in [3.05, 3.63) is 174 Å². The fourth-order valence-corrected chi connectivity index (χ4v) is 10.1. The fourth-order valence-electron chi connectivity index (χ4n) is 8.98. The van der Waals surface area contributed by atoms with Gasteiger partial charge in [-0.15, -0.1) is 11.3 Å². The normalized spacial score (nSPS) is 14.7. The molecule has 0 amide bonds. The van der Waals surface area contributed by atoms with Crippen molar-refractivity contribution in [1.82, 2.24) is 0 Å². The molecule has 0 fully saturated rings. The van der Waals surface area contributed by atoms with Gasteiger partial charge in [0.1, 0.15) is 0 Å². The lowest BCUT2D eigenvalue weighted by Crippen LogP contribution is -2.17. The maximum Gasteiger partial charge on any atom is 0.0543 e. The molecule has 1 aromatic heterocycles. The first-order valence-electron chi connectivity index (χ1n) is 17.6. The molecule has 8 aromatic rings. The third-order valence-corrected chi connectivity index (χ3v) is 12.6. The number of nitrogens with zero attached hydrogens (tertiary/aromatic N) is 1. The first kappa shape index (κ1) is 29.5. The van der Waals surface area contributed by atoms with Gasteiger partial charge in [-0.25, -0.2) is 0 Å². The monoisotopic (exact) mass is 659 g/mol. The summed E-state index contributed by atoms with van der Waals surface area (Å²) in [4.78, 5) is 2.55. The Morgan fingerprint density at radius 3 is 1.60 bits per heavy atom. The summed E-state index contributed by atoms with van der Waals surface area (Å²) in [6.45, 7) is 9.48. The summed E-state index contributed by atoms with van der Waals surface area (Å²) in [5, 5.41) is 2.65. The molecule has 0 N–H and O–H groups in total. The van der Waals surface area contributed by atoms with Crippen molar-refractivity contribution in [2.45, 2.75) is 38.5 Å². The second kappa shape index (κ2) is 10.5. The van der Waals surface area contributed by atoms with E-state index in [2.05, 4.69) is 184 Å². The lowest BCUT2D eigenvalue weighted by atomic mass is 9.82. The zero-order valence-corrected chi connectivity index (χ0v) is 29.6. The predicted octanol–water partition coefficient (Wildman–Crippen LogP) is 13.8. The van der Waals surface area contributed by atoms with Gasteiger partial charge in [-0.05, 0) is 87.0 Å². The molecule has 2 heteroatoms. The standard InChI is InChI=1S/C48H37NS/c1-47(2)37-19-8-5-17-34(37)45-39(47)21-12-23-41(45)49(42-24-13-22-40-46(42)35-18-6-9-20-38(35)48(40,3)4)32-15-11-14-30(28-32)31-26-27-44-36(29-31)33-16-7-10-25-43(33)50-44/h5-29H,1-4H3. The molecule has 7 aromatic carbocycles. The molecular weight excluding hydrogens is 623 g/mol. The van der Waals surface area contributed by atoms with E-state index < -0.39 is 0 Å². The highest BCUT2D eigenvalue weighted by Gasteiger charge is 2.40. The molecule has 240 valence electrons. The Bertz CT molecular complexity index is 2560. The molecule has 0 radical (unpaired) electrons. The Kier molecular flexibility index (Phi) is 6.21. The summed E-state index contributed by atoms with van der Waals surface area (Å²) in [6, 6.07) is 56.8. The zero-order valence-electron chi connectivity index (χ0n) is 28.8. The topological polar surface area (TPSA) is 3.24 Å². The van der Waals surface area contributed by atoms with Crippen molar-refractivity contribution in [3.63, 3.8) is 0 Å². The van der Waals surface area contributed by atoms with E-state index in [4.69, 9.17) is 0 Å². The molecule has 2 aliphatic carbocycles. The minimum Gasteiger partial charge on any atom is -0.309 e. The number of thiophene rings is 1. The van der Waals surface area contributed by atoms with Crippen LogP contribution in [0.5, 0.6) is 0 Å². The van der Waals surface area contributed by atoms with E-state index in [1.165, 1.54) is 87.2 Å². The molecule has 50 heavy (non-hydrogen) atoms. The highest BCUT2D eigenvalue weighted by atomic mass is 32.1. The van der Waals surface area contributed by atoms with Crippen molar-refractivity contribution in [1.29, 1.82) is 0 Å². The Hall–Kier alpha value is -5.44. The van der Waals surface area contributed by atoms with E-state index in [1.54, 1.807) is 0 Å². The van der Waals surface area contributed by atoms with E-state index in [9.17, 15) is 0 Å². The van der Waals surface area contributed by atoms with Crippen molar-refractivity contribution >= 4 is 48.6 Å². The van der Waals surface area contributed by atoms with Crippen LogP contribution < -0.4 is 4.90 Å². The minimum absolute atomic E-state index is 0.0958. The third-order valence-electron chi connectivity index (χ3n) is 11.5. The zero-order chi connectivity index (χ0) is 33.8. The molecular formula is C48H37NS. The van der Waals surface area contributed by atoms with Crippen molar-refractivity contribution < 1.29 is 0 Å². The number of hydrogen-bond acceptors (Lipinski definition) is 2. The Balaban J connectivity index is 1.24.